The molecule has 0 aromatic carbocycles. The highest BCUT2D eigenvalue weighted by Crippen LogP contribution is 2.34. The zero-order valence-corrected chi connectivity index (χ0v) is 18.5. The molecule has 1 fully saturated rings. The lowest BCUT2D eigenvalue weighted by Crippen LogP contribution is -2.25. The molecule has 28 heavy (non-hydrogen) atoms. The van der Waals surface area contributed by atoms with Crippen LogP contribution in [-0.2, 0) is 16.2 Å². The maximum absolute atomic E-state index is 13.0. The Labute approximate surface area is 170 Å². The molecule has 0 unspecified atom stereocenters. The van der Waals surface area contributed by atoms with Gasteiger partial charge in [0.15, 0.2) is 0 Å². The van der Waals surface area contributed by atoms with Crippen molar-refractivity contribution in [3.05, 3.63) is 39.4 Å². The van der Waals surface area contributed by atoms with Gasteiger partial charge in [0.2, 0.25) is 0 Å². The summed E-state index contributed by atoms with van der Waals surface area (Å²) in [5.74, 6) is -0.526. The van der Waals surface area contributed by atoms with Crippen molar-refractivity contribution in [1.82, 2.24) is 14.3 Å². The number of rotatable bonds is 8. The zero-order chi connectivity index (χ0) is 20.5. The lowest BCUT2D eigenvalue weighted by atomic mass is 10.1. The van der Waals surface area contributed by atoms with Crippen molar-refractivity contribution < 1.29 is 14.3 Å². The van der Waals surface area contributed by atoms with Crippen LogP contribution in [0.2, 0.25) is 30.8 Å². The van der Waals surface area contributed by atoms with Gasteiger partial charge in [0.1, 0.15) is 11.9 Å². The van der Waals surface area contributed by atoms with Gasteiger partial charge in [-0.15, -0.1) is 0 Å². The van der Waals surface area contributed by atoms with Crippen LogP contribution in [0.3, 0.4) is 0 Å². The van der Waals surface area contributed by atoms with Gasteiger partial charge in [-0.2, -0.15) is 0 Å². The molecule has 152 valence electrons. The first-order chi connectivity index (χ1) is 13.2. The van der Waals surface area contributed by atoms with Crippen molar-refractivity contribution in [2.45, 2.75) is 51.3 Å². The summed E-state index contributed by atoms with van der Waals surface area (Å²) in [4.78, 5) is 29.1. The van der Waals surface area contributed by atoms with Gasteiger partial charge in [-0.25, -0.2) is 14.5 Å². The van der Waals surface area contributed by atoms with Gasteiger partial charge in [-0.05, 0) is 31.0 Å². The Hall–Kier alpha value is -1.90. The molecule has 0 atom stereocenters. The molecule has 0 radical (unpaired) electrons. The predicted octanol–water partition coefficient (Wildman–Crippen LogP) is 3.80. The van der Waals surface area contributed by atoms with Crippen LogP contribution in [-0.4, -0.2) is 42.1 Å². The van der Waals surface area contributed by atoms with Gasteiger partial charge in [0, 0.05) is 20.9 Å². The summed E-state index contributed by atoms with van der Waals surface area (Å²) < 4.78 is 14.1. The smallest absolute Gasteiger partial charge is 0.338 e. The number of nitrogens with zero attached hydrogens (tertiary/aromatic N) is 3. The molecular formula is C19H26ClN3O4Si. The van der Waals surface area contributed by atoms with Gasteiger partial charge >= 0.3 is 5.97 Å². The first-order valence-electron chi connectivity index (χ1n) is 9.35. The molecule has 1 saturated carbocycles. The van der Waals surface area contributed by atoms with Gasteiger partial charge in [0.25, 0.3) is 5.56 Å². The number of hydrogen-bond acceptors (Lipinski definition) is 5. The number of pyridine rings is 1. The maximum atomic E-state index is 13.0. The largest absolute Gasteiger partial charge is 0.465 e. The molecule has 7 nitrogen and oxygen atoms in total. The summed E-state index contributed by atoms with van der Waals surface area (Å²) >= 11 is 6.06. The maximum Gasteiger partial charge on any atom is 0.338 e. The number of ether oxygens (including phenoxy) is 2. The Balaban J connectivity index is 1.90. The molecule has 3 rings (SSSR count). The topological polar surface area (TPSA) is 75.3 Å². The second-order valence-corrected chi connectivity index (χ2v) is 14.3. The van der Waals surface area contributed by atoms with Gasteiger partial charge < -0.3 is 9.47 Å². The molecule has 0 amide bonds. The third-order valence-corrected chi connectivity index (χ3v) is 6.49. The Morgan fingerprint density at radius 2 is 2.04 bits per heavy atom. The fourth-order valence-corrected chi connectivity index (χ4v) is 3.85. The van der Waals surface area contributed by atoms with Crippen LogP contribution in [0.15, 0.2) is 23.1 Å². The predicted molar refractivity (Wildman–Crippen MR) is 111 cm³/mol. The monoisotopic (exact) mass is 423 g/mol. The molecule has 0 saturated heterocycles. The molecule has 9 heteroatoms. The van der Waals surface area contributed by atoms with Crippen LogP contribution >= 0.6 is 11.6 Å². The average Bonchev–Trinajstić information content (AvgIpc) is 3.40. The van der Waals surface area contributed by atoms with Crippen LogP contribution in [0.5, 0.6) is 0 Å². The van der Waals surface area contributed by atoms with Crippen LogP contribution in [0.4, 0.5) is 0 Å². The van der Waals surface area contributed by atoms with E-state index >= 15 is 0 Å². The van der Waals surface area contributed by atoms with Crippen molar-refractivity contribution in [3.63, 3.8) is 0 Å². The normalized spacial score (nSPS) is 14.3. The van der Waals surface area contributed by atoms with E-state index in [1.807, 2.05) is 0 Å². The summed E-state index contributed by atoms with van der Waals surface area (Å²) in [5, 5.41) is 0.134. The minimum Gasteiger partial charge on any atom is -0.465 e. The standard InChI is InChI=1S/C19H26ClN3O4Si/c1-26-19(25)13-9-16(21-17(20)10-13)15-11-22(12-27-7-8-28(2,3)4)23(18(15)24)14-5-6-14/h9-11,14H,5-8,12H2,1-4H3. The quantitative estimate of drug-likeness (QED) is 0.279. The number of hydrogen-bond donors (Lipinski definition) is 0. The van der Waals surface area contributed by atoms with Crippen molar-refractivity contribution in [2.75, 3.05) is 13.7 Å². The number of esters is 1. The molecule has 1 aliphatic carbocycles. The summed E-state index contributed by atoms with van der Waals surface area (Å²) in [6, 6.07) is 4.20. The van der Waals surface area contributed by atoms with Crippen molar-refractivity contribution in [1.29, 1.82) is 0 Å². The van der Waals surface area contributed by atoms with Crippen LogP contribution < -0.4 is 5.56 Å². The highest BCUT2D eigenvalue weighted by molar-refractivity contribution is 6.76. The second-order valence-electron chi connectivity index (χ2n) is 8.27. The van der Waals surface area contributed by atoms with Crippen LogP contribution in [0.1, 0.15) is 29.2 Å². The number of aromatic nitrogens is 3. The number of carbonyl (C=O) groups is 1. The van der Waals surface area contributed by atoms with E-state index in [1.54, 1.807) is 15.6 Å². The Bertz CT molecular complexity index is 928. The average molecular weight is 424 g/mol. The summed E-state index contributed by atoms with van der Waals surface area (Å²) in [6.07, 6.45) is 3.66. The highest BCUT2D eigenvalue weighted by atomic mass is 35.5. The van der Waals surface area contributed by atoms with E-state index in [0.717, 1.165) is 18.9 Å². The molecule has 2 aromatic rings. The van der Waals surface area contributed by atoms with Gasteiger partial charge in [-0.1, -0.05) is 31.2 Å². The Kier molecular flexibility index (Phi) is 6.11. The third-order valence-electron chi connectivity index (χ3n) is 4.60. The Morgan fingerprint density at radius 3 is 2.64 bits per heavy atom. The molecule has 2 aromatic heterocycles. The van der Waals surface area contributed by atoms with E-state index in [0.29, 0.717) is 24.6 Å². The minimum absolute atomic E-state index is 0.134. The van der Waals surface area contributed by atoms with Crippen molar-refractivity contribution in [3.8, 4) is 11.3 Å². The molecule has 0 N–H and O–H groups in total. The van der Waals surface area contributed by atoms with E-state index in [9.17, 15) is 9.59 Å². The lowest BCUT2D eigenvalue weighted by Gasteiger charge is -2.16. The molecule has 0 aliphatic heterocycles. The summed E-state index contributed by atoms with van der Waals surface area (Å²) in [6.45, 7) is 7.88. The summed E-state index contributed by atoms with van der Waals surface area (Å²) in [7, 11) is 0.121. The fraction of sp³-hybridized carbons (Fsp3) is 0.526. The van der Waals surface area contributed by atoms with E-state index < -0.39 is 14.0 Å². The van der Waals surface area contributed by atoms with E-state index in [-0.39, 0.29) is 22.3 Å². The first-order valence-corrected chi connectivity index (χ1v) is 13.4. The SMILES string of the molecule is COC(=O)c1cc(Cl)nc(-c2cn(COCC[Si](C)(C)C)n(C3CC3)c2=O)c1. The number of methoxy groups -OCH3 is 1. The van der Waals surface area contributed by atoms with Crippen LogP contribution in [0, 0.1) is 0 Å². The minimum atomic E-state index is -1.18. The van der Waals surface area contributed by atoms with E-state index in [2.05, 4.69) is 24.6 Å². The lowest BCUT2D eigenvalue weighted by molar-refractivity contribution is 0.0600. The van der Waals surface area contributed by atoms with E-state index in [4.69, 9.17) is 21.1 Å². The Morgan fingerprint density at radius 1 is 1.32 bits per heavy atom. The molecule has 0 bridgehead atoms. The second kappa shape index (κ2) is 8.22. The van der Waals surface area contributed by atoms with Gasteiger partial charge in [0.05, 0.1) is 30.0 Å². The number of halogens is 1. The molecular weight excluding hydrogens is 398 g/mol. The molecule has 2 heterocycles. The van der Waals surface area contributed by atoms with Gasteiger partial charge in [-0.3, -0.25) is 9.48 Å². The molecule has 1 aliphatic rings. The van der Waals surface area contributed by atoms with Crippen molar-refractivity contribution in [2.24, 2.45) is 0 Å². The molecule has 0 spiro atoms. The fourth-order valence-electron chi connectivity index (χ4n) is 2.88. The van der Waals surface area contributed by atoms with Crippen molar-refractivity contribution >= 4 is 25.6 Å². The highest BCUT2D eigenvalue weighted by Gasteiger charge is 2.29. The zero-order valence-electron chi connectivity index (χ0n) is 16.7. The summed E-state index contributed by atoms with van der Waals surface area (Å²) in [5.41, 5.74) is 0.859. The number of carbonyl (C=O) groups excluding carboxylic acids is 1. The first kappa shape index (κ1) is 20.8. The van der Waals surface area contributed by atoms with E-state index in [1.165, 1.54) is 19.2 Å². The third kappa shape index (κ3) is 4.92. The van der Waals surface area contributed by atoms with Crippen LogP contribution in [0.25, 0.3) is 11.3 Å².